The Morgan fingerprint density at radius 3 is 2.22 bits per heavy atom. The third-order valence-corrected chi connectivity index (χ3v) is 17.5. The quantitative estimate of drug-likeness (QED) is 0.137. The van der Waals surface area contributed by atoms with Crippen LogP contribution in [0, 0.1) is 11.8 Å². The number of Topliss-reactive ketones (excluding diaryl/α,β-unsaturated/α-hetero) is 1. The van der Waals surface area contributed by atoms with Crippen molar-refractivity contribution in [1.82, 2.24) is 26.6 Å². The number of amides is 5. The van der Waals surface area contributed by atoms with Crippen LogP contribution in [0.25, 0.3) is 0 Å². The maximum atomic E-state index is 14.5. The van der Waals surface area contributed by atoms with Gasteiger partial charge in [-0.3, -0.25) is 28.8 Å². The average Bonchev–Trinajstić information content (AvgIpc) is 3.53. The van der Waals surface area contributed by atoms with E-state index in [-0.39, 0.29) is 112 Å². The van der Waals surface area contributed by atoms with Crippen LogP contribution >= 0.6 is 0 Å². The van der Waals surface area contributed by atoms with Gasteiger partial charge >= 0.3 is 0 Å². The second kappa shape index (κ2) is 24.6. The van der Waals surface area contributed by atoms with Gasteiger partial charge in [-0.05, 0) is 67.6 Å². The Bertz CT molecular complexity index is 2400. The molecule has 21 heteroatoms. The van der Waals surface area contributed by atoms with E-state index in [0.29, 0.717) is 32.1 Å². The number of methoxy groups -OCH3 is 1. The lowest BCUT2D eigenvalue weighted by molar-refractivity contribution is -0.292. The molecule has 428 valence electrons. The number of ketones is 1. The van der Waals surface area contributed by atoms with E-state index in [1.165, 1.54) is 6.92 Å². The fourth-order valence-electron chi connectivity index (χ4n) is 13.6. The van der Waals surface area contributed by atoms with E-state index in [2.05, 4.69) is 46.7 Å². The standard InChI is InChI=1S/C57H79N5O16/c1-29-17-36-11-13-41-30(2)18-38(71-41)15-16-57-24-46-52(77-57)53-54(76-46)55(78-57)51-42(75-53)14-12-37(73-51)20-34(64)21-39-44(23-43(72-36)31(29)3)74-45(50(39)70-5)22-35(65)25-59-48(67)27-61-56(69)40(19-33-9-7-6-8-10-33)62-49(68)28-60-47(66)26-58-32(4)63/h6-10,29,35-46,50-55,65H,2-3,11-28H2,1,4-5H3,(H,58,63)(H,59,67)(H,60,66)(H,61,69)(H,62,68)/t29-,35+,36+,37-,38+,39+,40+,41+,42+,43-,44+,45-,46?,50-,51+,52+,53?,54?,55+,57+/m1/s1. The van der Waals surface area contributed by atoms with E-state index in [0.717, 1.165) is 48.8 Å². The maximum Gasteiger partial charge on any atom is 0.243 e. The molecule has 10 aliphatic rings. The molecule has 5 amide bonds. The van der Waals surface area contributed by atoms with E-state index in [1.54, 1.807) is 31.4 Å². The Hall–Kier alpha value is -4.68. The van der Waals surface area contributed by atoms with Crippen LogP contribution in [-0.2, 0) is 77.8 Å². The van der Waals surface area contributed by atoms with Gasteiger partial charge in [-0.25, -0.2) is 0 Å². The summed E-state index contributed by atoms with van der Waals surface area (Å²) in [6.07, 6.45) is 1.48. The van der Waals surface area contributed by atoms with Crippen LogP contribution in [0.15, 0.2) is 54.6 Å². The van der Waals surface area contributed by atoms with Gasteiger partial charge in [-0.15, -0.1) is 0 Å². The highest BCUT2D eigenvalue weighted by Crippen LogP contribution is 2.54. The van der Waals surface area contributed by atoms with Gasteiger partial charge in [0.15, 0.2) is 5.79 Å². The number of ether oxygens (including phenoxy) is 9. The number of aliphatic hydroxyl groups is 1. The Labute approximate surface area is 455 Å². The maximum absolute atomic E-state index is 14.5. The molecule has 10 heterocycles. The molecule has 6 N–H and O–H groups in total. The SMILES string of the molecule is C=C1C[C@@H]2CC[C@@]34CC5OC6C(O[C@H]7CC[C@H](CC(=O)C[C@@H]8[C@@H](OC)[C@@H](C[C@H](O)CNC(=O)CNC(=O)[C@H](Cc9ccccc9)NC(=O)CNC(=O)CNC(C)=O)O[C@H]8C[C@H]8O[C@@H](CC[C@@H]1O2)C[C@@H](C)C8=C)O[C@@H]7[C@@H]6O3)[C@H]5O4. The predicted molar refractivity (Wildman–Crippen MR) is 277 cm³/mol. The van der Waals surface area contributed by atoms with Crippen LogP contribution in [0.3, 0.4) is 0 Å². The number of carbonyl (C=O) groups excluding carboxylic acids is 6. The fraction of sp³-hybridized carbons (Fsp3) is 0.719. The molecule has 78 heavy (non-hydrogen) atoms. The van der Waals surface area contributed by atoms with Crippen molar-refractivity contribution >= 4 is 35.3 Å². The molecule has 11 rings (SSSR count). The summed E-state index contributed by atoms with van der Waals surface area (Å²) in [5.41, 5.74) is 2.78. The summed E-state index contributed by atoms with van der Waals surface area (Å²) in [5.74, 6) is -3.99. The van der Waals surface area contributed by atoms with Crippen molar-refractivity contribution in [2.45, 2.75) is 213 Å². The molecule has 0 aromatic heterocycles. The van der Waals surface area contributed by atoms with Crippen molar-refractivity contribution in [3.8, 4) is 0 Å². The van der Waals surface area contributed by atoms with Crippen LogP contribution in [-0.4, -0.2) is 183 Å². The number of fused-ring (bicyclic) bond motifs is 6. The first-order chi connectivity index (χ1) is 37.5. The molecular formula is C57H79N5O16. The molecule has 0 saturated carbocycles. The number of hydrogen-bond donors (Lipinski definition) is 6. The molecule has 0 aliphatic carbocycles. The van der Waals surface area contributed by atoms with Gasteiger partial charge in [-0.2, -0.15) is 0 Å². The van der Waals surface area contributed by atoms with Gasteiger partial charge in [0.2, 0.25) is 29.5 Å². The first-order valence-corrected chi connectivity index (χ1v) is 28.3. The molecule has 10 aliphatic heterocycles. The number of rotatable bonds is 15. The summed E-state index contributed by atoms with van der Waals surface area (Å²) in [6, 6.07) is 7.86. The molecule has 0 radical (unpaired) electrons. The number of hydrogen-bond acceptors (Lipinski definition) is 16. The van der Waals surface area contributed by atoms with Crippen molar-refractivity contribution < 1.29 is 76.5 Å². The third-order valence-electron chi connectivity index (χ3n) is 17.5. The summed E-state index contributed by atoms with van der Waals surface area (Å²) in [6.45, 7) is 11.0. The number of benzene rings is 1. The van der Waals surface area contributed by atoms with Crippen molar-refractivity contribution in [3.63, 3.8) is 0 Å². The highest BCUT2D eigenvalue weighted by Gasteiger charge is 2.69. The third kappa shape index (κ3) is 13.1. The smallest absolute Gasteiger partial charge is 0.243 e. The van der Waals surface area contributed by atoms with Gasteiger partial charge < -0.3 is 74.3 Å². The molecular weight excluding hydrogens is 1010 g/mol. The topological polar surface area (TPSA) is 266 Å². The summed E-state index contributed by atoms with van der Waals surface area (Å²) in [4.78, 5) is 77.2. The van der Waals surface area contributed by atoms with E-state index in [1.807, 2.05) is 6.07 Å². The van der Waals surface area contributed by atoms with E-state index < -0.39 is 97.0 Å². The normalized spacial score (nSPS) is 38.8. The molecule has 21 nitrogen and oxygen atoms in total. The minimum Gasteiger partial charge on any atom is -0.391 e. The highest BCUT2D eigenvalue weighted by molar-refractivity contribution is 5.92. The second-order valence-corrected chi connectivity index (χ2v) is 23.2. The van der Waals surface area contributed by atoms with Gasteiger partial charge in [0, 0.05) is 71.4 Å². The molecule has 10 fully saturated rings. The zero-order valence-corrected chi connectivity index (χ0v) is 45.1. The number of nitrogens with one attached hydrogen (secondary N) is 5. The number of aliphatic hydroxyl groups excluding tert-OH is 1. The lowest BCUT2D eigenvalue weighted by Crippen LogP contribution is -2.61. The van der Waals surface area contributed by atoms with E-state index in [9.17, 15) is 33.9 Å². The molecule has 20 atom stereocenters. The minimum atomic E-state index is -1.11. The van der Waals surface area contributed by atoms with E-state index in [4.69, 9.17) is 42.6 Å². The Morgan fingerprint density at radius 1 is 0.718 bits per heavy atom. The van der Waals surface area contributed by atoms with Crippen LogP contribution in [0.1, 0.15) is 103 Å². The van der Waals surface area contributed by atoms with Gasteiger partial charge in [0.05, 0.1) is 86.8 Å². The zero-order chi connectivity index (χ0) is 54.8. The Balaban J connectivity index is 0.787. The lowest BCUT2D eigenvalue weighted by atomic mass is 9.81. The number of carbonyl (C=O) groups is 6. The minimum absolute atomic E-state index is 0.00578. The largest absolute Gasteiger partial charge is 0.391 e. The molecule has 1 spiro atoms. The zero-order valence-electron chi connectivity index (χ0n) is 45.1. The summed E-state index contributed by atoms with van der Waals surface area (Å²) >= 11 is 0. The van der Waals surface area contributed by atoms with Gasteiger partial charge in [0.25, 0.3) is 0 Å². The second-order valence-electron chi connectivity index (χ2n) is 23.2. The Kier molecular flexibility index (Phi) is 17.8. The highest BCUT2D eigenvalue weighted by atomic mass is 16.8. The molecule has 1 aromatic rings. The average molecular weight is 1090 g/mol. The Morgan fingerprint density at radius 2 is 1.42 bits per heavy atom. The summed E-state index contributed by atoms with van der Waals surface area (Å²) in [5, 5.41) is 24.1. The van der Waals surface area contributed by atoms with Crippen LogP contribution < -0.4 is 26.6 Å². The predicted octanol–water partition coefficient (Wildman–Crippen LogP) is 1.69. The molecule has 3 unspecified atom stereocenters. The molecule has 12 bridgehead atoms. The molecule has 1 aromatic carbocycles. The monoisotopic (exact) mass is 1090 g/mol. The van der Waals surface area contributed by atoms with Crippen LogP contribution in [0.4, 0.5) is 0 Å². The van der Waals surface area contributed by atoms with Gasteiger partial charge in [0.1, 0.15) is 42.3 Å². The van der Waals surface area contributed by atoms with Crippen LogP contribution in [0.5, 0.6) is 0 Å². The van der Waals surface area contributed by atoms with Crippen molar-refractivity contribution in [3.05, 3.63) is 60.2 Å². The van der Waals surface area contributed by atoms with Crippen molar-refractivity contribution in [2.75, 3.05) is 33.3 Å². The first-order valence-electron chi connectivity index (χ1n) is 28.3. The van der Waals surface area contributed by atoms with Crippen LogP contribution in [0.2, 0.25) is 0 Å². The van der Waals surface area contributed by atoms with Crippen molar-refractivity contribution in [1.29, 1.82) is 0 Å². The molecule has 10 saturated heterocycles. The van der Waals surface area contributed by atoms with Crippen molar-refractivity contribution in [2.24, 2.45) is 11.8 Å². The van der Waals surface area contributed by atoms with Gasteiger partial charge in [-0.1, -0.05) is 50.4 Å². The lowest BCUT2D eigenvalue weighted by Gasteiger charge is -2.47. The first kappa shape index (κ1) is 56.6. The summed E-state index contributed by atoms with van der Waals surface area (Å²) < 4.78 is 60.6. The van der Waals surface area contributed by atoms with E-state index >= 15 is 0 Å². The fourth-order valence-corrected chi connectivity index (χ4v) is 13.6. The summed E-state index contributed by atoms with van der Waals surface area (Å²) in [7, 11) is 1.58.